The maximum atomic E-state index is 12.7. The first-order valence-electron chi connectivity index (χ1n) is 7.55. The number of ether oxygens (including phenoxy) is 2. The summed E-state index contributed by atoms with van der Waals surface area (Å²) in [7, 11) is -3.63. The highest BCUT2D eigenvalue weighted by molar-refractivity contribution is 9.10. The maximum absolute atomic E-state index is 12.7. The predicted molar refractivity (Wildman–Crippen MR) is 95.0 cm³/mol. The highest BCUT2D eigenvalue weighted by Gasteiger charge is 2.22. The summed E-state index contributed by atoms with van der Waals surface area (Å²) in [6, 6.07) is 10.3. The fourth-order valence-electron chi connectivity index (χ4n) is 2.56. The van der Waals surface area contributed by atoms with Crippen molar-refractivity contribution in [3.05, 3.63) is 52.0 Å². The van der Waals surface area contributed by atoms with Gasteiger partial charge in [-0.05, 0) is 49.2 Å². The van der Waals surface area contributed by atoms with Crippen LogP contribution >= 0.6 is 15.9 Å². The van der Waals surface area contributed by atoms with E-state index in [9.17, 15) is 8.42 Å². The Kier molecular flexibility index (Phi) is 4.85. The lowest BCUT2D eigenvalue weighted by Crippen LogP contribution is -2.27. The standard InChI is InChI=1S/C17H18BrNO4S/c1-11-3-5-14(18)10-17(11)24(20,21)19-12(2)13-4-6-15-16(9-13)23-8-7-22-15/h3-6,9-10,12,19H,7-8H2,1-2H3/t12-/m0/s1. The van der Waals surface area contributed by atoms with Gasteiger partial charge in [-0.15, -0.1) is 0 Å². The Morgan fingerprint density at radius 1 is 1.08 bits per heavy atom. The second-order valence-corrected chi connectivity index (χ2v) is 8.25. The second-order valence-electron chi connectivity index (χ2n) is 5.66. The molecule has 5 nitrogen and oxygen atoms in total. The summed E-state index contributed by atoms with van der Waals surface area (Å²) < 4.78 is 39.9. The number of sulfonamides is 1. The van der Waals surface area contributed by atoms with Gasteiger partial charge in [0, 0.05) is 10.5 Å². The number of hydrogen-bond donors (Lipinski definition) is 1. The maximum Gasteiger partial charge on any atom is 0.241 e. The quantitative estimate of drug-likeness (QED) is 0.834. The summed E-state index contributed by atoms with van der Waals surface area (Å²) in [4.78, 5) is 0.265. The van der Waals surface area contributed by atoms with Crippen LogP contribution in [-0.4, -0.2) is 21.6 Å². The van der Waals surface area contributed by atoms with E-state index >= 15 is 0 Å². The average molecular weight is 412 g/mol. The zero-order valence-electron chi connectivity index (χ0n) is 13.4. The van der Waals surface area contributed by atoms with Gasteiger partial charge in [0.2, 0.25) is 10.0 Å². The van der Waals surface area contributed by atoms with E-state index in [1.54, 1.807) is 32.0 Å². The van der Waals surface area contributed by atoms with Gasteiger partial charge in [0.1, 0.15) is 13.2 Å². The molecule has 3 rings (SSSR count). The van der Waals surface area contributed by atoms with Gasteiger partial charge < -0.3 is 9.47 Å². The van der Waals surface area contributed by atoms with Crippen LogP contribution in [0, 0.1) is 6.92 Å². The van der Waals surface area contributed by atoms with Crippen molar-refractivity contribution in [2.75, 3.05) is 13.2 Å². The van der Waals surface area contributed by atoms with Crippen LogP contribution in [0.1, 0.15) is 24.1 Å². The van der Waals surface area contributed by atoms with Gasteiger partial charge >= 0.3 is 0 Å². The molecule has 0 saturated heterocycles. The Balaban J connectivity index is 1.86. The van der Waals surface area contributed by atoms with Gasteiger partial charge in [-0.3, -0.25) is 0 Å². The Hall–Kier alpha value is -1.57. The number of benzene rings is 2. The van der Waals surface area contributed by atoms with Gasteiger partial charge in [0.05, 0.1) is 4.90 Å². The van der Waals surface area contributed by atoms with Crippen LogP contribution in [0.2, 0.25) is 0 Å². The molecule has 2 aromatic rings. The third-order valence-corrected chi connectivity index (χ3v) is 6.01. The van der Waals surface area contributed by atoms with E-state index in [0.717, 1.165) is 10.0 Å². The van der Waals surface area contributed by atoms with E-state index in [-0.39, 0.29) is 4.90 Å². The minimum Gasteiger partial charge on any atom is -0.486 e. The molecule has 1 aliphatic heterocycles. The highest BCUT2D eigenvalue weighted by Crippen LogP contribution is 2.33. The Morgan fingerprint density at radius 2 is 1.79 bits per heavy atom. The fourth-order valence-corrected chi connectivity index (χ4v) is 4.57. The zero-order valence-corrected chi connectivity index (χ0v) is 15.8. The summed E-state index contributed by atoms with van der Waals surface area (Å²) in [5, 5.41) is 0. The molecule has 7 heteroatoms. The lowest BCUT2D eigenvalue weighted by atomic mass is 10.1. The van der Waals surface area contributed by atoms with Gasteiger partial charge in [-0.1, -0.05) is 28.1 Å². The van der Waals surface area contributed by atoms with E-state index in [1.165, 1.54) is 0 Å². The molecule has 128 valence electrons. The van der Waals surface area contributed by atoms with Crippen molar-refractivity contribution in [2.45, 2.75) is 24.8 Å². The molecule has 1 aliphatic rings. The number of nitrogens with one attached hydrogen (secondary N) is 1. The van der Waals surface area contributed by atoms with Gasteiger partial charge in [0.25, 0.3) is 0 Å². The molecular formula is C17H18BrNO4S. The van der Waals surface area contributed by atoms with Crippen molar-refractivity contribution < 1.29 is 17.9 Å². The van der Waals surface area contributed by atoms with Crippen molar-refractivity contribution in [3.8, 4) is 11.5 Å². The third-order valence-electron chi connectivity index (χ3n) is 3.84. The zero-order chi connectivity index (χ0) is 17.3. The van der Waals surface area contributed by atoms with E-state index in [2.05, 4.69) is 20.7 Å². The Morgan fingerprint density at radius 3 is 2.54 bits per heavy atom. The lowest BCUT2D eigenvalue weighted by molar-refractivity contribution is 0.171. The molecule has 0 aliphatic carbocycles. The Labute approximate surface area is 150 Å². The monoisotopic (exact) mass is 411 g/mol. The number of halogens is 1. The fraction of sp³-hybridized carbons (Fsp3) is 0.294. The summed E-state index contributed by atoms with van der Waals surface area (Å²) in [6.45, 7) is 4.59. The molecule has 0 spiro atoms. The summed E-state index contributed by atoms with van der Waals surface area (Å²) >= 11 is 3.32. The lowest BCUT2D eigenvalue weighted by Gasteiger charge is -2.21. The van der Waals surface area contributed by atoms with Crippen LogP contribution in [0.4, 0.5) is 0 Å². The van der Waals surface area contributed by atoms with Crippen LogP contribution in [-0.2, 0) is 10.0 Å². The molecule has 0 radical (unpaired) electrons. The van der Waals surface area contributed by atoms with E-state index in [4.69, 9.17) is 9.47 Å². The molecule has 1 atom stereocenters. The van der Waals surface area contributed by atoms with Crippen molar-refractivity contribution in [1.82, 2.24) is 4.72 Å². The molecule has 0 saturated carbocycles. The SMILES string of the molecule is Cc1ccc(Br)cc1S(=O)(=O)N[C@@H](C)c1ccc2c(c1)OCCO2. The number of hydrogen-bond acceptors (Lipinski definition) is 4. The van der Waals surface area contributed by atoms with Crippen molar-refractivity contribution in [2.24, 2.45) is 0 Å². The van der Waals surface area contributed by atoms with Crippen LogP contribution in [0.5, 0.6) is 11.5 Å². The summed E-state index contributed by atoms with van der Waals surface area (Å²) in [6.07, 6.45) is 0. The molecule has 1 heterocycles. The smallest absolute Gasteiger partial charge is 0.241 e. The van der Waals surface area contributed by atoms with Crippen molar-refractivity contribution >= 4 is 26.0 Å². The van der Waals surface area contributed by atoms with Crippen LogP contribution in [0.3, 0.4) is 0 Å². The molecule has 0 bridgehead atoms. The third kappa shape index (κ3) is 3.58. The largest absolute Gasteiger partial charge is 0.486 e. The molecule has 1 N–H and O–H groups in total. The van der Waals surface area contributed by atoms with Gasteiger partial charge in [0.15, 0.2) is 11.5 Å². The van der Waals surface area contributed by atoms with E-state index in [0.29, 0.717) is 30.3 Å². The molecule has 24 heavy (non-hydrogen) atoms. The van der Waals surface area contributed by atoms with Crippen LogP contribution in [0.25, 0.3) is 0 Å². The minimum absolute atomic E-state index is 0.265. The van der Waals surface area contributed by atoms with E-state index < -0.39 is 16.1 Å². The summed E-state index contributed by atoms with van der Waals surface area (Å²) in [5.41, 5.74) is 1.51. The van der Waals surface area contributed by atoms with Crippen molar-refractivity contribution in [3.63, 3.8) is 0 Å². The molecule has 2 aromatic carbocycles. The summed E-state index contributed by atoms with van der Waals surface area (Å²) in [5.74, 6) is 1.33. The number of rotatable bonds is 4. The first-order valence-corrected chi connectivity index (χ1v) is 9.82. The van der Waals surface area contributed by atoms with Crippen LogP contribution in [0.15, 0.2) is 45.8 Å². The number of aryl methyl sites for hydroxylation is 1. The number of fused-ring (bicyclic) bond motifs is 1. The van der Waals surface area contributed by atoms with Gasteiger partial charge in [-0.25, -0.2) is 13.1 Å². The van der Waals surface area contributed by atoms with Crippen molar-refractivity contribution in [1.29, 1.82) is 0 Å². The average Bonchev–Trinajstić information content (AvgIpc) is 2.56. The molecular weight excluding hydrogens is 394 g/mol. The molecule has 0 amide bonds. The first-order chi connectivity index (χ1) is 11.4. The normalized spacial score (nSPS) is 15.1. The molecule has 0 unspecified atom stereocenters. The molecule has 0 aromatic heterocycles. The second kappa shape index (κ2) is 6.74. The predicted octanol–water partition coefficient (Wildman–Crippen LogP) is 3.57. The molecule has 0 fully saturated rings. The van der Waals surface area contributed by atoms with E-state index in [1.807, 2.05) is 18.2 Å². The van der Waals surface area contributed by atoms with Crippen LogP contribution < -0.4 is 14.2 Å². The Bertz CT molecular complexity index is 867. The topological polar surface area (TPSA) is 64.6 Å². The highest BCUT2D eigenvalue weighted by atomic mass is 79.9. The first kappa shape index (κ1) is 17.3. The minimum atomic E-state index is -3.63. The van der Waals surface area contributed by atoms with Gasteiger partial charge in [-0.2, -0.15) is 0 Å².